The van der Waals surface area contributed by atoms with Gasteiger partial charge in [0, 0.05) is 5.69 Å². The lowest BCUT2D eigenvalue weighted by Gasteiger charge is -2.10. The predicted molar refractivity (Wildman–Crippen MR) is 90.8 cm³/mol. The SMILES string of the molecule is COC(=O)c1ccccc1NC(=O)CC(=O)Nc1ccc(C)cc1. The first-order valence-electron chi connectivity index (χ1n) is 7.33. The number of nitrogens with one attached hydrogen (secondary N) is 2. The minimum absolute atomic E-state index is 0.229. The Bertz CT molecular complexity index is 754. The summed E-state index contributed by atoms with van der Waals surface area (Å²) in [5.74, 6) is -1.52. The van der Waals surface area contributed by atoms with E-state index in [0.29, 0.717) is 11.4 Å². The molecule has 0 radical (unpaired) electrons. The number of carbonyl (C=O) groups is 3. The molecule has 24 heavy (non-hydrogen) atoms. The fourth-order valence-electron chi connectivity index (χ4n) is 2.06. The molecule has 6 nitrogen and oxygen atoms in total. The van der Waals surface area contributed by atoms with Crippen LogP contribution in [0, 0.1) is 6.92 Å². The molecule has 0 unspecified atom stereocenters. The summed E-state index contributed by atoms with van der Waals surface area (Å²) in [7, 11) is 1.26. The van der Waals surface area contributed by atoms with E-state index in [1.165, 1.54) is 13.2 Å². The Hall–Kier alpha value is -3.15. The van der Waals surface area contributed by atoms with Gasteiger partial charge in [-0.2, -0.15) is 0 Å². The van der Waals surface area contributed by atoms with Crippen molar-refractivity contribution < 1.29 is 19.1 Å². The number of benzene rings is 2. The van der Waals surface area contributed by atoms with Crippen molar-refractivity contribution in [3.63, 3.8) is 0 Å². The third kappa shape index (κ3) is 4.67. The molecule has 0 aliphatic heterocycles. The van der Waals surface area contributed by atoms with E-state index >= 15 is 0 Å². The molecule has 2 N–H and O–H groups in total. The summed E-state index contributed by atoms with van der Waals surface area (Å²) in [6, 6.07) is 13.7. The smallest absolute Gasteiger partial charge is 0.339 e. The molecule has 0 bridgehead atoms. The molecule has 0 spiro atoms. The van der Waals surface area contributed by atoms with Gasteiger partial charge < -0.3 is 15.4 Å². The first-order valence-corrected chi connectivity index (χ1v) is 7.33. The van der Waals surface area contributed by atoms with Crippen LogP contribution >= 0.6 is 0 Å². The maximum absolute atomic E-state index is 12.0. The number of aryl methyl sites for hydroxylation is 1. The van der Waals surface area contributed by atoms with E-state index in [-0.39, 0.29) is 12.0 Å². The van der Waals surface area contributed by atoms with Crippen molar-refractivity contribution >= 4 is 29.2 Å². The molecular weight excluding hydrogens is 308 g/mol. The number of esters is 1. The number of para-hydroxylation sites is 1. The zero-order valence-corrected chi connectivity index (χ0v) is 13.5. The largest absolute Gasteiger partial charge is 0.465 e. The van der Waals surface area contributed by atoms with Crippen LogP contribution in [0.25, 0.3) is 0 Å². The van der Waals surface area contributed by atoms with E-state index in [9.17, 15) is 14.4 Å². The predicted octanol–water partition coefficient (Wildman–Crippen LogP) is 2.75. The molecule has 2 amide bonds. The third-order valence-corrected chi connectivity index (χ3v) is 3.26. The van der Waals surface area contributed by atoms with Crippen LogP contribution in [0.15, 0.2) is 48.5 Å². The Morgan fingerprint density at radius 3 is 2.21 bits per heavy atom. The summed E-state index contributed by atoms with van der Waals surface area (Å²) < 4.78 is 4.66. The standard InChI is InChI=1S/C18H18N2O4/c1-12-7-9-13(10-8-12)19-16(21)11-17(22)20-15-6-4-3-5-14(15)18(23)24-2/h3-10H,11H2,1-2H3,(H,19,21)(H,20,22). The summed E-state index contributed by atoms with van der Waals surface area (Å²) in [4.78, 5) is 35.6. The number of amides is 2. The Labute approximate surface area is 139 Å². The van der Waals surface area contributed by atoms with Gasteiger partial charge >= 0.3 is 5.97 Å². The van der Waals surface area contributed by atoms with Gasteiger partial charge in [-0.25, -0.2) is 4.79 Å². The van der Waals surface area contributed by atoms with E-state index in [1.807, 2.05) is 19.1 Å². The summed E-state index contributed by atoms with van der Waals surface area (Å²) in [5, 5.41) is 5.19. The molecule has 0 heterocycles. The van der Waals surface area contributed by atoms with Crippen LogP contribution in [-0.2, 0) is 14.3 Å². The second-order valence-electron chi connectivity index (χ2n) is 5.18. The van der Waals surface area contributed by atoms with Gasteiger partial charge in [-0.05, 0) is 31.2 Å². The Balaban J connectivity index is 1.97. The van der Waals surface area contributed by atoms with Crippen LogP contribution in [0.4, 0.5) is 11.4 Å². The first-order chi connectivity index (χ1) is 11.5. The van der Waals surface area contributed by atoms with Crippen molar-refractivity contribution in [2.24, 2.45) is 0 Å². The maximum atomic E-state index is 12.0. The van der Waals surface area contributed by atoms with Crippen LogP contribution in [0.3, 0.4) is 0 Å². The average molecular weight is 326 g/mol. The second-order valence-corrected chi connectivity index (χ2v) is 5.18. The second kappa shape index (κ2) is 7.92. The first kappa shape index (κ1) is 17.2. The van der Waals surface area contributed by atoms with Crippen molar-refractivity contribution in [2.45, 2.75) is 13.3 Å². The van der Waals surface area contributed by atoms with Gasteiger partial charge in [-0.3, -0.25) is 9.59 Å². The highest BCUT2D eigenvalue weighted by atomic mass is 16.5. The summed E-state index contributed by atoms with van der Waals surface area (Å²) in [6.45, 7) is 1.94. The van der Waals surface area contributed by atoms with E-state index in [1.54, 1.807) is 30.3 Å². The van der Waals surface area contributed by atoms with E-state index in [0.717, 1.165) is 5.56 Å². The lowest BCUT2D eigenvalue weighted by molar-refractivity contribution is -0.123. The van der Waals surface area contributed by atoms with Gasteiger partial charge in [-0.15, -0.1) is 0 Å². The summed E-state index contributed by atoms with van der Waals surface area (Å²) >= 11 is 0. The Kier molecular flexibility index (Phi) is 5.68. The lowest BCUT2D eigenvalue weighted by Crippen LogP contribution is -2.22. The van der Waals surface area contributed by atoms with Crippen LogP contribution in [0.5, 0.6) is 0 Å². The number of rotatable bonds is 5. The minimum atomic E-state index is -0.560. The highest BCUT2D eigenvalue weighted by molar-refractivity contribution is 6.09. The number of hydrogen-bond acceptors (Lipinski definition) is 4. The molecule has 0 atom stereocenters. The third-order valence-electron chi connectivity index (χ3n) is 3.26. The van der Waals surface area contributed by atoms with Gasteiger partial charge in [0.15, 0.2) is 0 Å². The van der Waals surface area contributed by atoms with Crippen molar-refractivity contribution in [2.75, 3.05) is 17.7 Å². The van der Waals surface area contributed by atoms with Gasteiger partial charge in [0.2, 0.25) is 11.8 Å². The zero-order chi connectivity index (χ0) is 17.5. The molecule has 0 saturated carbocycles. The van der Waals surface area contributed by atoms with Crippen molar-refractivity contribution in [3.05, 3.63) is 59.7 Å². The molecule has 6 heteroatoms. The monoisotopic (exact) mass is 326 g/mol. The summed E-state index contributed by atoms with van der Waals surface area (Å²) in [5.41, 5.74) is 2.23. The normalized spacial score (nSPS) is 9.92. The number of anilines is 2. The number of hydrogen-bond donors (Lipinski definition) is 2. The molecule has 0 aromatic heterocycles. The van der Waals surface area contributed by atoms with Gasteiger partial charge in [-0.1, -0.05) is 29.8 Å². The van der Waals surface area contributed by atoms with E-state index in [4.69, 9.17) is 0 Å². The van der Waals surface area contributed by atoms with Gasteiger partial charge in [0.05, 0.1) is 18.4 Å². The lowest BCUT2D eigenvalue weighted by atomic mass is 10.1. The molecule has 0 saturated heterocycles. The molecule has 0 aliphatic carbocycles. The molecule has 2 rings (SSSR count). The van der Waals surface area contributed by atoms with Crippen LogP contribution in [0.1, 0.15) is 22.3 Å². The molecule has 2 aromatic carbocycles. The van der Waals surface area contributed by atoms with Crippen molar-refractivity contribution in [1.82, 2.24) is 0 Å². The Morgan fingerprint density at radius 2 is 1.54 bits per heavy atom. The van der Waals surface area contributed by atoms with Crippen LogP contribution in [0.2, 0.25) is 0 Å². The fourth-order valence-corrected chi connectivity index (χ4v) is 2.06. The molecule has 0 fully saturated rings. The minimum Gasteiger partial charge on any atom is -0.465 e. The highest BCUT2D eigenvalue weighted by Crippen LogP contribution is 2.16. The van der Waals surface area contributed by atoms with Crippen LogP contribution < -0.4 is 10.6 Å². The van der Waals surface area contributed by atoms with Gasteiger partial charge in [0.1, 0.15) is 6.42 Å². The molecule has 124 valence electrons. The Morgan fingerprint density at radius 1 is 0.917 bits per heavy atom. The molecule has 0 aliphatic rings. The van der Waals surface area contributed by atoms with Crippen molar-refractivity contribution in [1.29, 1.82) is 0 Å². The average Bonchev–Trinajstić information content (AvgIpc) is 2.56. The zero-order valence-electron chi connectivity index (χ0n) is 13.5. The number of methoxy groups -OCH3 is 1. The number of carbonyl (C=O) groups excluding carboxylic acids is 3. The molecular formula is C18H18N2O4. The quantitative estimate of drug-likeness (QED) is 0.653. The number of ether oxygens (including phenoxy) is 1. The fraction of sp³-hybridized carbons (Fsp3) is 0.167. The topological polar surface area (TPSA) is 84.5 Å². The highest BCUT2D eigenvalue weighted by Gasteiger charge is 2.15. The van der Waals surface area contributed by atoms with Gasteiger partial charge in [0.25, 0.3) is 0 Å². The maximum Gasteiger partial charge on any atom is 0.339 e. The van der Waals surface area contributed by atoms with Crippen molar-refractivity contribution in [3.8, 4) is 0 Å². The van der Waals surface area contributed by atoms with Crippen LogP contribution in [-0.4, -0.2) is 24.9 Å². The van der Waals surface area contributed by atoms with E-state index < -0.39 is 17.8 Å². The van der Waals surface area contributed by atoms with E-state index in [2.05, 4.69) is 15.4 Å². The molecule has 2 aromatic rings. The summed E-state index contributed by atoms with van der Waals surface area (Å²) in [6.07, 6.45) is -0.358.